The maximum absolute atomic E-state index is 5.87. The van der Waals surface area contributed by atoms with Gasteiger partial charge in [0.05, 0.1) is 0 Å². The Hall–Kier alpha value is -1.27. The van der Waals surface area contributed by atoms with E-state index in [-0.39, 0.29) is 0 Å². The Balaban J connectivity index is 2.08. The molecule has 0 amide bonds. The lowest BCUT2D eigenvalue weighted by atomic mass is 9.94. The number of rotatable bonds is 3. The molecule has 1 heteroatoms. The van der Waals surface area contributed by atoms with Gasteiger partial charge in [0.1, 0.15) is 0 Å². The minimum atomic E-state index is 0.544. The monoisotopic (exact) mass is 230 g/mol. The van der Waals surface area contributed by atoms with E-state index in [9.17, 15) is 0 Å². The van der Waals surface area contributed by atoms with Gasteiger partial charge in [-0.2, -0.15) is 0 Å². The third-order valence-corrected chi connectivity index (χ3v) is 3.08. The molecular weight excluding hydrogens is 216 g/mol. The fraction of sp³-hybridized carbons (Fsp3) is 0.200. The molecule has 0 bridgehead atoms. The van der Waals surface area contributed by atoms with E-state index in [0.717, 1.165) is 11.4 Å². The Morgan fingerprint density at radius 1 is 0.938 bits per heavy atom. The van der Waals surface area contributed by atoms with Crippen molar-refractivity contribution in [3.05, 3.63) is 70.7 Å². The van der Waals surface area contributed by atoms with Crippen LogP contribution in [0.1, 0.15) is 24.0 Å². The third kappa shape index (κ3) is 2.86. The van der Waals surface area contributed by atoms with Crippen LogP contribution in [0.4, 0.5) is 0 Å². The van der Waals surface area contributed by atoms with Crippen LogP contribution < -0.4 is 0 Å². The second kappa shape index (κ2) is 5.18. The zero-order valence-corrected chi connectivity index (χ0v) is 10.1. The van der Waals surface area contributed by atoms with Crippen LogP contribution in [0.3, 0.4) is 0 Å². The molecule has 2 aromatic carbocycles. The number of hydrogen-bond acceptors (Lipinski definition) is 0. The van der Waals surface area contributed by atoms with Crippen LogP contribution in [0, 0.1) is 0 Å². The first-order valence-corrected chi connectivity index (χ1v) is 5.93. The molecule has 0 aliphatic carbocycles. The van der Waals surface area contributed by atoms with Crippen LogP contribution in [-0.4, -0.2) is 0 Å². The van der Waals surface area contributed by atoms with Crippen LogP contribution in [0.5, 0.6) is 0 Å². The van der Waals surface area contributed by atoms with Crippen LogP contribution in [0.15, 0.2) is 54.6 Å². The van der Waals surface area contributed by atoms with Crippen molar-refractivity contribution in [2.45, 2.75) is 19.3 Å². The van der Waals surface area contributed by atoms with Gasteiger partial charge in [-0.25, -0.2) is 0 Å². The lowest BCUT2D eigenvalue weighted by molar-refractivity contribution is 0.759. The summed E-state index contributed by atoms with van der Waals surface area (Å²) in [6, 6.07) is 18.7. The standard InChI is InChI=1S/C15H15Cl/c1-12(14-5-3-2-4-6-14)11-13-7-9-15(16)10-8-13/h2-10,12H,11H2,1H3. The van der Waals surface area contributed by atoms with Crippen LogP contribution in [-0.2, 0) is 6.42 Å². The number of benzene rings is 2. The highest BCUT2D eigenvalue weighted by molar-refractivity contribution is 6.30. The Morgan fingerprint density at radius 2 is 1.56 bits per heavy atom. The summed E-state index contributed by atoms with van der Waals surface area (Å²) in [7, 11) is 0. The average molecular weight is 231 g/mol. The van der Waals surface area contributed by atoms with Gasteiger partial charge in [0.25, 0.3) is 0 Å². The van der Waals surface area contributed by atoms with Crippen molar-refractivity contribution >= 4 is 11.6 Å². The zero-order valence-electron chi connectivity index (χ0n) is 9.36. The molecule has 0 radical (unpaired) electrons. The molecule has 16 heavy (non-hydrogen) atoms. The predicted molar refractivity (Wildman–Crippen MR) is 70.0 cm³/mol. The van der Waals surface area contributed by atoms with E-state index in [1.807, 2.05) is 12.1 Å². The Labute approximate surface area is 102 Å². The van der Waals surface area contributed by atoms with Crippen molar-refractivity contribution in [1.29, 1.82) is 0 Å². The van der Waals surface area contributed by atoms with Gasteiger partial charge in [0, 0.05) is 5.02 Å². The smallest absolute Gasteiger partial charge is 0.0406 e. The fourth-order valence-electron chi connectivity index (χ4n) is 1.87. The summed E-state index contributed by atoms with van der Waals surface area (Å²) in [4.78, 5) is 0. The SMILES string of the molecule is CC(Cc1ccc(Cl)cc1)c1ccccc1. The first-order chi connectivity index (χ1) is 7.75. The summed E-state index contributed by atoms with van der Waals surface area (Å²) in [5, 5.41) is 0.802. The highest BCUT2D eigenvalue weighted by Crippen LogP contribution is 2.20. The Kier molecular flexibility index (Phi) is 3.63. The molecule has 0 N–H and O–H groups in total. The van der Waals surface area contributed by atoms with Gasteiger partial charge in [-0.15, -0.1) is 0 Å². The molecule has 1 unspecified atom stereocenters. The van der Waals surface area contributed by atoms with Gasteiger partial charge in [-0.1, -0.05) is 61.0 Å². The lowest BCUT2D eigenvalue weighted by Crippen LogP contribution is -1.97. The van der Waals surface area contributed by atoms with Crippen molar-refractivity contribution in [1.82, 2.24) is 0 Å². The third-order valence-electron chi connectivity index (χ3n) is 2.82. The quantitative estimate of drug-likeness (QED) is 0.718. The summed E-state index contributed by atoms with van der Waals surface area (Å²) in [6.07, 6.45) is 1.06. The van der Waals surface area contributed by atoms with Crippen molar-refractivity contribution in [3.63, 3.8) is 0 Å². The molecule has 0 fully saturated rings. The van der Waals surface area contributed by atoms with Gasteiger partial charge >= 0.3 is 0 Å². The van der Waals surface area contributed by atoms with E-state index in [4.69, 9.17) is 11.6 Å². The van der Waals surface area contributed by atoms with Gasteiger partial charge in [-0.3, -0.25) is 0 Å². The summed E-state index contributed by atoms with van der Waals surface area (Å²) in [6.45, 7) is 2.25. The maximum atomic E-state index is 5.87. The highest BCUT2D eigenvalue weighted by atomic mass is 35.5. The lowest BCUT2D eigenvalue weighted by Gasteiger charge is -2.11. The molecule has 0 aromatic heterocycles. The predicted octanol–water partition coefficient (Wildman–Crippen LogP) is 4.69. The van der Waals surface area contributed by atoms with Crippen LogP contribution in [0.25, 0.3) is 0 Å². The zero-order chi connectivity index (χ0) is 11.4. The van der Waals surface area contributed by atoms with Crippen LogP contribution in [0.2, 0.25) is 5.02 Å². The normalized spacial score (nSPS) is 12.4. The largest absolute Gasteiger partial charge is 0.0843 e. The molecule has 0 heterocycles. The molecule has 0 saturated carbocycles. The molecule has 0 nitrogen and oxygen atoms in total. The Morgan fingerprint density at radius 3 is 2.19 bits per heavy atom. The molecule has 0 aliphatic rings. The summed E-state index contributed by atoms with van der Waals surface area (Å²) in [5.41, 5.74) is 2.72. The molecule has 0 aliphatic heterocycles. The summed E-state index contributed by atoms with van der Waals surface area (Å²) in [5.74, 6) is 0.544. The second-order valence-corrected chi connectivity index (χ2v) is 4.58. The van der Waals surface area contributed by atoms with Gasteiger partial charge in [-0.05, 0) is 35.6 Å². The topological polar surface area (TPSA) is 0 Å². The van der Waals surface area contributed by atoms with Gasteiger partial charge < -0.3 is 0 Å². The van der Waals surface area contributed by atoms with E-state index in [2.05, 4.69) is 49.4 Å². The molecule has 1 atom stereocenters. The van der Waals surface area contributed by atoms with E-state index in [0.29, 0.717) is 5.92 Å². The minimum Gasteiger partial charge on any atom is -0.0843 e. The van der Waals surface area contributed by atoms with E-state index < -0.39 is 0 Å². The number of halogens is 1. The van der Waals surface area contributed by atoms with Gasteiger partial charge in [0.15, 0.2) is 0 Å². The first-order valence-electron chi connectivity index (χ1n) is 5.55. The first kappa shape index (κ1) is 11.2. The molecule has 82 valence electrons. The van der Waals surface area contributed by atoms with E-state index in [1.54, 1.807) is 0 Å². The highest BCUT2D eigenvalue weighted by Gasteiger charge is 2.05. The number of hydrogen-bond donors (Lipinski definition) is 0. The summed E-state index contributed by atoms with van der Waals surface area (Å²) >= 11 is 5.87. The minimum absolute atomic E-state index is 0.544. The van der Waals surface area contributed by atoms with Crippen molar-refractivity contribution in [3.8, 4) is 0 Å². The average Bonchev–Trinajstić information content (AvgIpc) is 2.33. The molecule has 0 spiro atoms. The van der Waals surface area contributed by atoms with Crippen molar-refractivity contribution in [2.75, 3.05) is 0 Å². The molecule has 0 saturated heterocycles. The van der Waals surface area contributed by atoms with Crippen LogP contribution >= 0.6 is 11.6 Å². The van der Waals surface area contributed by atoms with Crippen molar-refractivity contribution < 1.29 is 0 Å². The molecule has 2 aromatic rings. The fourth-order valence-corrected chi connectivity index (χ4v) is 2.00. The molecule has 2 rings (SSSR count). The van der Waals surface area contributed by atoms with E-state index >= 15 is 0 Å². The van der Waals surface area contributed by atoms with Gasteiger partial charge in [0.2, 0.25) is 0 Å². The maximum Gasteiger partial charge on any atom is 0.0406 e. The summed E-state index contributed by atoms with van der Waals surface area (Å²) < 4.78 is 0. The second-order valence-electron chi connectivity index (χ2n) is 4.14. The Bertz CT molecular complexity index is 431. The van der Waals surface area contributed by atoms with Crippen molar-refractivity contribution in [2.24, 2.45) is 0 Å². The van der Waals surface area contributed by atoms with E-state index in [1.165, 1.54) is 11.1 Å². The molecular formula is C15H15Cl.